The van der Waals surface area contributed by atoms with Crippen LogP contribution < -0.4 is 5.73 Å². The van der Waals surface area contributed by atoms with Gasteiger partial charge >= 0.3 is 0 Å². The van der Waals surface area contributed by atoms with E-state index in [2.05, 4.69) is 45.9 Å². The lowest BCUT2D eigenvalue weighted by Gasteiger charge is -2.12. The summed E-state index contributed by atoms with van der Waals surface area (Å²) in [7, 11) is 0. The Balaban J connectivity index is 3.13. The second-order valence-electron chi connectivity index (χ2n) is 4.41. The first-order valence-corrected chi connectivity index (χ1v) is 5.30. The van der Waals surface area contributed by atoms with Crippen LogP contribution in [-0.4, -0.2) is 0 Å². The van der Waals surface area contributed by atoms with Crippen LogP contribution >= 0.6 is 0 Å². The summed E-state index contributed by atoms with van der Waals surface area (Å²) in [5.74, 6) is 1.05. The van der Waals surface area contributed by atoms with Crippen LogP contribution in [0.15, 0.2) is 12.1 Å². The van der Waals surface area contributed by atoms with Gasteiger partial charge < -0.3 is 5.73 Å². The van der Waals surface area contributed by atoms with E-state index in [-0.39, 0.29) is 0 Å². The van der Waals surface area contributed by atoms with Gasteiger partial charge in [-0.15, -0.1) is 0 Å². The molecule has 1 rings (SSSR count). The maximum atomic E-state index is 5.67. The van der Waals surface area contributed by atoms with E-state index in [4.69, 9.17) is 5.73 Å². The van der Waals surface area contributed by atoms with Crippen molar-refractivity contribution in [1.82, 2.24) is 0 Å². The Labute approximate surface area is 87.3 Å². The van der Waals surface area contributed by atoms with Crippen molar-refractivity contribution in [3.05, 3.63) is 34.9 Å². The highest BCUT2D eigenvalue weighted by Gasteiger charge is 2.06. The third-order valence-electron chi connectivity index (χ3n) is 2.45. The highest BCUT2D eigenvalue weighted by atomic mass is 14.5. The van der Waals surface area contributed by atoms with E-state index in [1.807, 2.05) is 0 Å². The number of hydrogen-bond acceptors (Lipinski definition) is 1. The number of nitrogens with two attached hydrogens (primary N) is 1. The highest BCUT2D eigenvalue weighted by molar-refractivity contribution is 5.32. The van der Waals surface area contributed by atoms with Crippen molar-refractivity contribution in [3.8, 4) is 0 Å². The molecule has 0 saturated heterocycles. The maximum absolute atomic E-state index is 5.67. The molecule has 14 heavy (non-hydrogen) atoms. The monoisotopic (exact) mass is 190 g/mol. The average molecular weight is 190 g/mol. The van der Waals surface area contributed by atoms with Crippen LogP contribution in [0.5, 0.6) is 0 Å². The number of benzene rings is 1. The van der Waals surface area contributed by atoms with Crippen LogP contribution in [0.1, 0.15) is 56.2 Å². The van der Waals surface area contributed by atoms with Gasteiger partial charge in [-0.3, -0.25) is 0 Å². The molecule has 1 heteroatoms. The van der Waals surface area contributed by atoms with Crippen LogP contribution in [0.2, 0.25) is 0 Å². The Bertz CT molecular complexity index is 274. The van der Waals surface area contributed by atoms with Gasteiger partial charge in [-0.25, -0.2) is 0 Å². The molecule has 0 fully saturated rings. The van der Waals surface area contributed by atoms with E-state index in [1.54, 1.807) is 0 Å². The topological polar surface area (TPSA) is 26.0 Å². The fourth-order valence-electron chi connectivity index (χ4n) is 1.42. The first-order chi connectivity index (χ1) is 6.54. The Morgan fingerprint density at radius 2 is 1.50 bits per heavy atom. The Hall–Kier alpha value is -0.820. The quantitative estimate of drug-likeness (QED) is 0.778. The van der Waals surface area contributed by atoms with Gasteiger partial charge in [0.25, 0.3) is 0 Å². The van der Waals surface area contributed by atoms with E-state index < -0.39 is 0 Å². The molecule has 0 aromatic heterocycles. The summed E-state index contributed by atoms with van der Waals surface area (Å²) in [6.45, 7) is 9.38. The zero-order chi connectivity index (χ0) is 10.7. The van der Waals surface area contributed by atoms with Crippen molar-refractivity contribution in [2.45, 2.75) is 46.1 Å². The van der Waals surface area contributed by atoms with Crippen molar-refractivity contribution in [2.75, 3.05) is 0 Å². The van der Waals surface area contributed by atoms with Crippen LogP contribution in [0.3, 0.4) is 0 Å². The van der Waals surface area contributed by atoms with Crippen LogP contribution in [0.25, 0.3) is 0 Å². The van der Waals surface area contributed by atoms with Crippen LogP contribution in [-0.2, 0) is 6.54 Å². The molecule has 77 valence electrons. The zero-order valence-electron chi connectivity index (χ0n) is 9.59. The smallest absolute Gasteiger partial charge is 0.0178 e. The number of rotatable bonds is 3. The molecule has 0 aliphatic carbocycles. The lowest BCUT2D eigenvalue weighted by molar-refractivity contribution is 0.823. The molecule has 0 saturated carbocycles. The predicted molar refractivity (Wildman–Crippen MR) is 61.3 cm³/mol. The van der Waals surface area contributed by atoms with Gasteiger partial charge in [-0.05, 0) is 34.6 Å². The second-order valence-corrected chi connectivity index (χ2v) is 4.41. The van der Waals surface area contributed by atoms with E-state index in [1.165, 1.54) is 16.7 Å². The first kappa shape index (κ1) is 11.3. The number of hydrogen-bond donors (Lipinski definition) is 1. The van der Waals surface area contributed by atoms with Crippen LogP contribution in [0, 0.1) is 6.07 Å². The highest BCUT2D eigenvalue weighted by Crippen LogP contribution is 2.22. The van der Waals surface area contributed by atoms with Crippen molar-refractivity contribution in [2.24, 2.45) is 5.73 Å². The van der Waals surface area contributed by atoms with Gasteiger partial charge in [-0.1, -0.05) is 39.8 Å². The van der Waals surface area contributed by atoms with Gasteiger partial charge in [-0.2, -0.15) is 0 Å². The molecule has 0 spiro atoms. The van der Waals surface area contributed by atoms with E-state index >= 15 is 0 Å². The fourth-order valence-corrected chi connectivity index (χ4v) is 1.42. The third kappa shape index (κ3) is 2.58. The van der Waals surface area contributed by atoms with Gasteiger partial charge in [0.2, 0.25) is 0 Å². The molecule has 1 radical (unpaired) electrons. The molecule has 0 atom stereocenters. The van der Waals surface area contributed by atoms with Crippen molar-refractivity contribution >= 4 is 0 Å². The maximum Gasteiger partial charge on any atom is 0.0178 e. The van der Waals surface area contributed by atoms with Gasteiger partial charge in [0.15, 0.2) is 0 Å². The average Bonchev–Trinajstić information content (AvgIpc) is 2.16. The lowest BCUT2D eigenvalue weighted by Crippen LogP contribution is -2.01. The van der Waals surface area contributed by atoms with Crippen molar-refractivity contribution < 1.29 is 0 Å². The summed E-state index contributed by atoms with van der Waals surface area (Å²) < 4.78 is 0. The summed E-state index contributed by atoms with van der Waals surface area (Å²) in [6.07, 6.45) is 0. The van der Waals surface area contributed by atoms with Gasteiger partial charge in [0.05, 0.1) is 0 Å². The molecular weight excluding hydrogens is 170 g/mol. The molecule has 0 heterocycles. The van der Waals surface area contributed by atoms with Crippen LogP contribution in [0.4, 0.5) is 0 Å². The molecule has 1 aromatic carbocycles. The van der Waals surface area contributed by atoms with Crippen molar-refractivity contribution in [1.29, 1.82) is 0 Å². The molecule has 0 aliphatic heterocycles. The van der Waals surface area contributed by atoms with Crippen molar-refractivity contribution in [3.63, 3.8) is 0 Å². The predicted octanol–water partition coefficient (Wildman–Crippen LogP) is 3.19. The molecule has 2 N–H and O–H groups in total. The minimum atomic E-state index is 0.527. The summed E-state index contributed by atoms with van der Waals surface area (Å²) >= 11 is 0. The minimum absolute atomic E-state index is 0.527. The summed E-state index contributed by atoms with van der Waals surface area (Å²) in [4.78, 5) is 0. The molecule has 0 unspecified atom stereocenters. The standard InChI is InChI=1S/C13H20N/c1-9(2)12-5-11(8-14)6-13(7-12)10(3)4/h5-6,9-10H,8,14H2,1-4H3. The van der Waals surface area contributed by atoms with E-state index in [0.29, 0.717) is 18.4 Å². The Morgan fingerprint density at radius 1 is 1.07 bits per heavy atom. The normalized spacial score (nSPS) is 11.4. The Morgan fingerprint density at radius 3 is 1.79 bits per heavy atom. The zero-order valence-corrected chi connectivity index (χ0v) is 9.59. The fraction of sp³-hybridized carbons (Fsp3) is 0.538. The molecular formula is C13H20N. The largest absolute Gasteiger partial charge is 0.326 e. The first-order valence-electron chi connectivity index (χ1n) is 5.30. The Kier molecular flexibility index (Phi) is 3.70. The summed E-state index contributed by atoms with van der Waals surface area (Å²) in [5, 5.41) is 0. The van der Waals surface area contributed by atoms with E-state index in [9.17, 15) is 0 Å². The minimum Gasteiger partial charge on any atom is -0.326 e. The SMILES string of the molecule is CC(C)c1[c]c(C(C)C)cc(CN)c1. The van der Waals surface area contributed by atoms with E-state index in [0.717, 1.165) is 0 Å². The second kappa shape index (κ2) is 4.61. The lowest BCUT2D eigenvalue weighted by atomic mass is 9.93. The molecule has 0 bridgehead atoms. The molecule has 1 nitrogen and oxygen atoms in total. The molecule has 1 aromatic rings. The summed E-state index contributed by atoms with van der Waals surface area (Å²) in [5.41, 5.74) is 9.44. The molecule has 0 amide bonds. The van der Waals surface area contributed by atoms with Gasteiger partial charge in [0, 0.05) is 6.54 Å². The summed E-state index contributed by atoms with van der Waals surface area (Å²) in [6, 6.07) is 7.79. The third-order valence-corrected chi connectivity index (χ3v) is 2.45. The molecule has 0 aliphatic rings. The van der Waals surface area contributed by atoms with Gasteiger partial charge in [0.1, 0.15) is 0 Å².